The number of amides is 1. The molecule has 7 heteroatoms. The number of rotatable bonds is 8. The number of aryl methyl sites for hydroxylation is 1. The zero-order chi connectivity index (χ0) is 17.6. The van der Waals surface area contributed by atoms with Crippen molar-refractivity contribution in [2.45, 2.75) is 13.3 Å². The van der Waals surface area contributed by atoms with Gasteiger partial charge >= 0.3 is 0 Å². The highest BCUT2D eigenvalue weighted by atomic mass is 16.5. The molecule has 3 rings (SSSR count). The molecule has 2 aromatic heterocycles. The van der Waals surface area contributed by atoms with E-state index < -0.39 is 0 Å². The summed E-state index contributed by atoms with van der Waals surface area (Å²) in [7, 11) is 1.85. The summed E-state index contributed by atoms with van der Waals surface area (Å²) in [6.07, 6.45) is 4.57. The van der Waals surface area contributed by atoms with Crippen molar-refractivity contribution < 1.29 is 14.3 Å². The van der Waals surface area contributed by atoms with Crippen molar-refractivity contribution in [1.82, 2.24) is 20.1 Å². The summed E-state index contributed by atoms with van der Waals surface area (Å²) in [5.74, 6) is 1.36. The molecule has 0 saturated carbocycles. The fourth-order valence-electron chi connectivity index (χ4n) is 2.60. The van der Waals surface area contributed by atoms with Crippen molar-refractivity contribution in [2.24, 2.45) is 7.05 Å². The Bertz CT molecular complexity index is 853. The maximum Gasteiger partial charge on any atom is 0.232 e. The SMILES string of the molecule is CC(=O)NCCc1c[nH]c2ccc(OCCOc3ccn(C)n3)cc12. The highest BCUT2D eigenvalue weighted by molar-refractivity contribution is 5.84. The standard InChI is InChI=1S/C18H22N4O3/c1-13(23)19-7-5-14-12-20-17-4-3-15(11-16(14)17)24-9-10-25-18-6-8-22(2)21-18/h3-4,6,8,11-12,20H,5,7,9-10H2,1-2H3,(H,19,23). The summed E-state index contributed by atoms with van der Waals surface area (Å²) < 4.78 is 13.0. The van der Waals surface area contributed by atoms with Crippen LogP contribution in [0.15, 0.2) is 36.7 Å². The van der Waals surface area contributed by atoms with Gasteiger partial charge in [-0.15, -0.1) is 5.10 Å². The molecule has 1 amide bonds. The summed E-state index contributed by atoms with van der Waals surface area (Å²) in [5.41, 5.74) is 2.20. The maximum absolute atomic E-state index is 11.0. The molecule has 132 valence electrons. The van der Waals surface area contributed by atoms with Crippen LogP contribution in [-0.2, 0) is 18.3 Å². The second kappa shape index (κ2) is 7.74. The lowest BCUT2D eigenvalue weighted by Crippen LogP contribution is -2.22. The largest absolute Gasteiger partial charge is 0.490 e. The Balaban J connectivity index is 1.55. The van der Waals surface area contributed by atoms with E-state index in [4.69, 9.17) is 9.47 Å². The molecular formula is C18H22N4O3. The first-order chi connectivity index (χ1) is 12.1. The van der Waals surface area contributed by atoms with Crippen molar-refractivity contribution >= 4 is 16.8 Å². The molecule has 3 aromatic rings. The summed E-state index contributed by atoms with van der Waals surface area (Å²) in [6.45, 7) is 3.00. The molecule has 0 spiro atoms. The van der Waals surface area contributed by atoms with Crippen molar-refractivity contribution in [1.29, 1.82) is 0 Å². The van der Waals surface area contributed by atoms with Crippen LogP contribution in [0, 0.1) is 0 Å². The fourth-order valence-corrected chi connectivity index (χ4v) is 2.60. The van der Waals surface area contributed by atoms with Crippen LogP contribution < -0.4 is 14.8 Å². The third-order valence-corrected chi connectivity index (χ3v) is 3.80. The van der Waals surface area contributed by atoms with Gasteiger partial charge in [-0.2, -0.15) is 0 Å². The topological polar surface area (TPSA) is 81.2 Å². The molecule has 25 heavy (non-hydrogen) atoms. The van der Waals surface area contributed by atoms with E-state index in [1.807, 2.05) is 43.7 Å². The molecule has 0 aliphatic heterocycles. The van der Waals surface area contributed by atoms with Gasteiger partial charge in [0, 0.05) is 49.9 Å². The highest BCUT2D eigenvalue weighted by Gasteiger charge is 2.06. The minimum Gasteiger partial charge on any atom is -0.490 e. The number of carbonyl (C=O) groups is 1. The molecule has 0 aliphatic rings. The minimum absolute atomic E-state index is 0.0169. The van der Waals surface area contributed by atoms with E-state index >= 15 is 0 Å². The van der Waals surface area contributed by atoms with Crippen LogP contribution >= 0.6 is 0 Å². The van der Waals surface area contributed by atoms with Crippen molar-refractivity contribution in [3.05, 3.63) is 42.2 Å². The van der Waals surface area contributed by atoms with Crippen molar-refractivity contribution in [2.75, 3.05) is 19.8 Å². The van der Waals surface area contributed by atoms with E-state index in [1.165, 1.54) is 6.92 Å². The Morgan fingerprint density at radius 3 is 2.88 bits per heavy atom. The van der Waals surface area contributed by atoms with Gasteiger partial charge in [-0.1, -0.05) is 0 Å². The average Bonchev–Trinajstić information content (AvgIpc) is 3.17. The Morgan fingerprint density at radius 1 is 1.28 bits per heavy atom. The van der Waals surface area contributed by atoms with Crippen molar-refractivity contribution in [3.8, 4) is 11.6 Å². The van der Waals surface area contributed by atoms with Gasteiger partial charge in [0.15, 0.2) is 0 Å². The van der Waals surface area contributed by atoms with Gasteiger partial charge in [-0.05, 0) is 30.2 Å². The van der Waals surface area contributed by atoms with Crippen LogP contribution in [0.4, 0.5) is 0 Å². The van der Waals surface area contributed by atoms with Gasteiger partial charge in [-0.25, -0.2) is 0 Å². The Labute approximate surface area is 145 Å². The monoisotopic (exact) mass is 342 g/mol. The molecule has 2 N–H and O–H groups in total. The maximum atomic E-state index is 11.0. The van der Waals surface area contributed by atoms with Gasteiger partial charge < -0.3 is 19.8 Å². The molecule has 0 bridgehead atoms. The predicted octanol–water partition coefficient (Wildman–Crippen LogP) is 2.04. The summed E-state index contributed by atoms with van der Waals surface area (Å²) in [4.78, 5) is 14.2. The van der Waals surface area contributed by atoms with Gasteiger partial charge in [0.05, 0.1) is 0 Å². The van der Waals surface area contributed by atoms with Crippen molar-refractivity contribution in [3.63, 3.8) is 0 Å². The number of benzene rings is 1. The van der Waals surface area contributed by atoms with Gasteiger partial charge in [0.1, 0.15) is 19.0 Å². The van der Waals surface area contributed by atoms with Crippen LogP contribution in [0.2, 0.25) is 0 Å². The Morgan fingerprint density at radius 2 is 2.12 bits per heavy atom. The van der Waals surface area contributed by atoms with E-state index in [-0.39, 0.29) is 5.91 Å². The first-order valence-electron chi connectivity index (χ1n) is 8.21. The number of hydrogen-bond donors (Lipinski definition) is 2. The van der Waals surface area contributed by atoms with Crippen LogP contribution in [0.1, 0.15) is 12.5 Å². The number of fused-ring (bicyclic) bond motifs is 1. The number of aromatic nitrogens is 3. The molecule has 0 radical (unpaired) electrons. The first-order valence-corrected chi connectivity index (χ1v) is 8.21. The van der Waals surface area contributed by atoms with Gasteiger partial charge in [-0.3, -0.25) is 9.48 Å². The van der Waals surface area contributed by atoms with E-state index in [0.717, 1.165) is 28.6 Å². The van der Waals surface area contributed by atoms with E-state index in [9.17, 15) is 4.79 Å². The summed E-state index contributed by atoms with van der Waals surface area (Å²) >= 11 is 0. The van der Waals surface area contributed by atoms with Gasteiger partial charge in [0.2, 0.25) is 11.8 Å². The quantitative estimate of drug-likeness (QED) is 0.614. The molecule has 2 heterocycles. The molecule has 0 atom stereocenters. The summed E-state index contributed by atoms with van der Waals surface area (Å²) in [5, 5.41) is 8.07. The normalized spacial score (nSPS) is 10.8. The molecule has 1 aromatic carbocycles. The van der Waals surface area contributed by atoms with E-state index in [0.29, 0.717) is 25.6 Å². The van der Waals surface area contributed by atoms with E-state index in [1.54, 1.807) is 4.68 Å². The third kappa shape index (κ3) is 4.53. The van der Waals surface area contributed by atoms with Gasteiger partial charge in [0.25, 0.3) is 0 Å². The number of H-pyrrole nitrogens is 1. The van der Waals surface area contributed by atoms with Crippen LogP contribution in [0.5, 0.6) is 11.6 Å². The number of aromatic amines is 1. The molecule has 0 fully saturated rings. The molecule has 0 aliphatic carbocycles. The number of nitrogens with one attached hydrogen (secondary N) is 2. The molecule has 7 nitrogen and oxygen atoms in total. The first kappa shape index (κ1) is 16.9. The highest BCUT2D eigenvalue weighted by Crippen LogP contribution is 2.24. The van der Waals surface area contributed by atoms with Crippen LogP contribution in [-0.4, -0.2) is 40.4 Å². The lowest BCUT2D eigenvalue weighted by Gasteiger charge is -2.07. The second-order valence-electron chi connectivity index (χ2n) is 5.78. The zero-order valence-electron chi connectivity index (χ0n) is 14.4. The Kier molecular flexibility index (Phi) is 5.23. The summed E-state index contributed by atoms with van der Waals surface area (Å²) in [6, 6.07) is 7.74. The predicted molar refractivity (Wildman–Crippen MR) is 94.9 cm³/mol. The lowest BCUT2D eigenvalue weighted by molar-refractivity contribution is -0.118. The minimum atomic E-state index is -0.0169. The molecular weight excluding hydrogens is 320 g/mol. The molecule has 0 unspecified atom stereocenters. The zero-order valence-corrected chi connectivity index (χ0v) is 14.4. The Hall–Kier alpha value is -2.96. The average molecular weight is 342 g/mol. The second-order valence-corrected chi connectivity index (χ2v) is 5.78. The van der Waals surface area contributed by atoms with Crippen LogP contribution in [0.3, 0.4) is 0 Å². The van der Waals surface area contributed by atoms with Crippen LogP contribution in [0.25, 0.3) is 10.9 Å². The molecule has 0 saturated heterocycles. The third-order valence-electron chi connectivity index (χ3n) is 3.80. The number of hydrogen-bond acceptors (Lipinski definition) is 4. The number of carbonyl (C=O) groups excluding carboxylic acids is 1. The lowest BCUT2D eigenvalue weighted by atomic mass is 10.1. The number of ether oxygens (including phenoxy) is 2. The number of nitrogens with zero attached hydrogens (tertiary/aromatic N) is 2. The fraction of sp³-hybridized carbons (Fsp3) is 0.333. The smallest absolute Gasteiger partial charge is 0.232 e. The van der Waals surface area contributed by atoms with E-state index in [2.05, 4.69) is 15.4 Å².